The highest BCUT2D eigenvalue weighted by Gasteiger charge is 2.42. The molecule has 2 amide bonds. The van der Waals surface area contributed by atoms with E-state index in [-0.39, 0.29) is 11.8 Å². The second-order valence-electron chi connectivity index (χ2n) is 8.06. The van der Waals surface area contributed by atoms with Gasteiger partial charge in [0.2, 0.25) is 0 Å². The molecule has 2 aromatic rings. The fourth-order valence-corrected chi connectivity index (χ4v) is 4.28. The number of hydrogen-bond donors (Lipinski definition) is 0. The van der Waals surface area contributed by atoms with E-state index in [4.69, 9.17) is 9.47 Å². The largest absolute Gasteiger partial charge is 0.497 e. The molecule has 2 aliphatic heterocycles. The van der Waals surface area contributed by atoms with E-state index in [9.17, 15) is 9.59 Å². The van der Waals surface area contributed by atoms with Crippen molar-refractivity contribution in [3.8, 4) is 5.75 Å². The van der Waals surface area contributed by atoms with E-state index in [1.165, 1.54) is 10.5 Å². The van der Waals surface area contributed by atoms with Gasteiger partial charge >= 0.3 is 0 Å². The van der Waals surface area contributed by atoms with Crippen molar-refractivity contribution in [1.29, 1.82) is 0 Å². The molecule has 0 unspecified atom stereocenters. The van der Waals surface area contributed by atoms with Gasteiger partial charge in [0.15, 0.2) is 0 Å². The van der Waals surface area contributed by atoms with E-state index in [0.29, 0.717) is 49.7 Å². The third kappa shape index (κ3) is 4.28. The summed E-state index contributed by atoms with van der Waals surface area (Å²) in [6, 6.07) is 15.4. The number of rotatable bonds is 10. The SMILES string of the molecule is CCCCOCCCN1C(=O)C(c2ccc(OC)cc2)=C(N2CCc3ccccc32)C1=O. The Balaban J connectivity index is 1.63. The van der Waals surface area contributed by atoms with Crippen LogP contribution in [0.5, 0.6) is 5.75 Å². The maximum absolute atomic E-state index is 13.5. The molecule has 0 fully saturated rings. The fourth-order valence-electron chi connectivity index (χ4n) is 4.28. The van der Waals surface area contributed by atoms with E-state index in [2.05, 4.69) is 13.0 Å². The molecule has 2 heterocycles. The van der Waals surface area contributed by atoms with Gasteiger partial charge < -0.3 is 14.4 Å². The van der Waals surface area contributed by atoms with Crippen LogP contribution in [-0.2, 0) is 20.7 Å². The van der Waals surface area contributed by atoms with Crippen LogP contribution in [0.25, 0.3) is 5.57 Å². The lowest BCUT2D eigenvalue weighted by Crippen LogP contribution is -2.36. The molecule has 2 aliphatic rings. The van der Waals surface area contributed by atoms with Crippen molar-refractivity contribution >= 4 is 23.1 Å². The number of amides is 2. The summed E-state index contributed by atoms with van der Waals surface area (Å²) >= 11 is 0. The molecular formula is C26H30N2O4. The molecule has 4 rings (SSSR count). The van der Waals surface area contributed by atoms with E-state index in [1.54, 1.807) is 7.11 Å². The smallest absolute Gasteiger partial charge is 0.278 e. The molecule has 0 aromatic heterocycles. The number of carbonyl (C=O) groups is 2. The number of anilines is 1. The van der Waals surface area contributed by atoms with Gasteiger partial charge in [-0.2, -0.15) is 0 Å². The van der Waals surface area contributed by atoms with Gasteiger partial charge in [0.1, 0.15) is 11.4 Å². The van der Waals surface area contributed by atoms with Crippen molar-refractivity contribution in [2.75, 3.05) is 38.3 Å². The lowest BCUT2D eigenvalue weighted by atomic mass is 10.0. The summed E-state index contributed by atoms with van der Waals surface area (Å²) in [6.07, 6.45) is 3.57. The van der Waals surface area contributed by atoms with Gasteiger partial charge in [-0.3, -0.25) is 14.5 Å². The van der Waals surface area contributed by atoms with Crippen LogP contribution < -0.4 is 9.64 Å². The van der Waals surface area contributed by atoms with Gasteiger partial charge in [-0.15, -0.1) is 0 Å². The Bertz CT molecular complexity index is 1010. The predicted octanol–water partition coefficient (Wildman–Crippen LogP) is 4.04. The third-order valence-electron chi connectivity index (χ3n) is 5.99. The summed E-state index contributed by atoms with van der Waals surface area (Å²) in [7, 11) is 1.61. The van der Waals surface area contributed by atoms with Crippen LogP contribution in [0.15, 0.2) is 54.2 Å². The average Bonchev–Trinajstić information content (AvgIpc) is 3.35. The van der Waals surface area contributed by atoms with Crippen molar-refractivity contribution < 1.29 is 19.1 Å². The molecule has 2 aromatic carbocycles. The van der Waals surface area contributed by atoms with Crippen molar-refractivity contribution in [2.45, 2.75) is 32.6 Å². The number of carbonyl (C=O) groups excluding carboxylic acids is 2. The second kappa shape index (κ2) is 10.0. The lowest BCUT2D eigenvalue weighted by Gasteiger charge is -2.21. The quantitative estimate of drug-likeness (QED) is 0.417. The first-order chi connectivity index (χ1) is 15.7. The number of para-hydroxylation sites is 1. The Kier molecular flexibility index (Phi) is 6.90. The Morgan fingerprint density at radius 3 is 2.44 bits per heavy atom. The predicted molar refractivity (Wildman–Crippen MR) is 124 cm³/mol. The van der Waals surface area contributed by atoms with Crippen molar-refractivity contribution in [2.24, 2.45) is 0 Å². The average molecular weight is 435 g/mol. The normalized spacial score (nSPS) is 15.7. The fraction of sp³-hybridized carbons (Fsp3) is 0.385. The van der Waals surface area contributed by atoms with E-state index >= 15 is 0 Å². The minimum atomic E-state index is -0.242. The van der Waals surface area contributed by atoms with E-state index < -0.39 is 0 Å². The van der Waals surface area contributed by atoms with Gasteiger partial charge in [0, 0.05) is 32.0 Å². The highest BCUT2D eigenvalue weighted by molar-refractivity contribution is 6.36. The molecule has 6 heteroatoms. The van der Waals surface area contributed by atoms with Gasteiger partial charge in [-0.1, -0.05) is 43.7 Å². The van der Waals surface area contributed by atoms with Gasteiger partial charge in [-0.25, -0.2) is 0 Å². The van der Waals surface area contributed by atoms with Crippen molar-refractivity contribution in [1.82, 2.24) is 4.90 Å². The van der Waals surface area contributed by atoms with Crippen LogP contribution in [0.4, 0.5) is 5.69 Å². The van der Waals surface area contributed by atoms with Gasteiger partial charge in [0.05, 0.1) is 12.7 Å². The lowest BCUT2D eigenvalue weighted by molar-refractivity contribution is -0.137. The van der Waals surface area contributed by atoms with Crippen LogP contribution in [0.2, 0.25) is 0 Å². The van der Waals surface area contributed by atoms with Crippen LogP contribution in [0.3, 0.4) is 0 Å². The Morgan fingerprint density at radius 1 is 0.938 bits per heavy atom. The summed E-state index contributed by atoms with van der Waals surface area (Å²) in [6.45, 7) is 4.40. The minimum Gasteiger partial charge on any atom is -0.497 e. The second-order valence-corrected chi connectivity index (χ2v) is 8.06. The zero-order chi connectivity index (χ0) is 22.5. The molecule has 0 radical (unpaired) electrons. The number of benzene rings is 2. The van der Waals surface area contributed by atoms with E-state index in [1.807, 2.05) is 47.4 Å². The molecule has 0 atom stereocenters. The van der Waals surface area contributed by atoms with Gasteiger partial charge in [0.25, 0.3) is 11.8 Å². The number of ether oxygens (including phenoxy) is 2. The standard InChI is InChI=1S/C26H30N2O4/c1-3-4-17-32-18-7-15-28-25(29)23(20-10-12-21(31-2)13-11-20)24(26(28)30)27-16-14-19-8-5-6-9-22(19)27/h5-6,8-13H,3-4,7,14-18H2,1-2H3. The summed E-state index contributed by atoms with van der Waals surface area (Å²) in [5, 5.41) is 0. The molecule has 0 N–H and O–H groups in total. The van der Waals surface area contributed by atoms with Crippen LogP contribution in [-0.4, -0.2) is 50.1 Å². The van der Waals surface area contributed by atoms with E-state index in [0.717, 1.165) is 30.5 Å². The number of methoxy groups -OCH3 is 1. The molecule has 168 valence electrons. The number of imide groups is 1. The Hall–Kier alpha value is -3.12. The van der Waals surface area contributed by atoms with Crippen LogP contribution in [0.1, 0.15) is 37.3 Å². The highest BCUT2D eigenvalue weighted by atomic mass is 16.5. The monoisotopic (exact) mass is 434 g/mol. The van der Waals surface area contributed by atoms with Gasteiger partial charge in [-0.05, 0) is 48.6 Å². The molecule has 0 bridgehead atoms. The molecule has 6 nitrogen and oxygen atoms in total. The molecule has 0 saturated carbocycles. The number of fused-ring (bicyclic) bond motifs is 1. The zero-order valence-electron chi connectivity index (χ0n) is 18.8. The zero-order valence-corrected chi connectivity index (χ0v) is 18.8. The number of hydrogen-bond acceptors (Lipinski definition) is 5. The first-order valence-corrected chi connectivity index (χ1v) is 11.3. The Morgan fingerprint density at radius 2 is 1.69 bits per heavy atom. The molecule has 0 spiro atoms. The highest BCUT2D eigenvalue weighted by Crippen LogP contribution is 2.38. The molecule has 0 aliphatic carbocycles. The summed E-state index contributed by atoms with van der Waals surface area (Å²) in [4.78, 5) is 30.4. The molecular weight excluding hydrogens is 404 g/mol. The third-order valence-corrected chi connectivity index (χ3v) is 5.99. The first-order valence-electron chi connectivity index (χ1n) is 11.3. The number of unbranched alkanes of at least 4 members (excludes halogenated alkanes) is 1. The molecule has 32 heavy (non-hydrogen) atoms. The van der Waals surface area contributed by atoms with Crippen LogP contribution >= 0.6 is 0 Å². The van der Waals surface area contributed by atoms with Crippen molar-refractivity contribution in [3.05, 3.63) is 65.4 Å². The summed E-state index contributed by atoms with van der Waals surface area (Å²) in [5.74, 6) is 0.236. The summed E-state index contributed by atoms with van der Waals surface area (Å²) < 4.78 is 10.9. The van der Waals surface area contributed by atoms with Crippen molar-refractivity contribution in [3.63, 3.8) is 0 Å². The summed E-state index contributed by atoms with van der Waals surface area (Å²) in [5.41, 5.74) is 3.85. The topological polar surface area (TPSA) is 59.1 Å². The maximum Gasteiger partial charge on any atom is 0.278 e. The Labute approximate surface area is 189 Å². The maximum atomic E-state index is 13.5. The first kappa shape index (κ1) is 22.1. The number of nitrogens with zero attached hydrogens (tertiary/aromatic N) is 2. The molecule has 0 saturated heterocycles. The minimum absolute atomic E-state index is 0.230. The van der Waals surface area contributed by atoms with Crippen LogP contribution in [0, 0.1) is 0 Å².